The van der Waals surface area contributed by atoms with Crippen molar-refractivity contribution in [3.05, 3.63) is 63.6 Å². The van der Waals surface area contributed by atoms with Gasteiger partial charge in [-0.3, -0.25) is 0 Å². The summed E-state index contributed by atoms with van der Waals surface area (Å²) < 4.78 is 0. The summed E-state index contributed by atoms with van der Waals surface area (Å²) in [6, 6.07) is 12.3. The van der Waals surface area contributed by atoms with Gasteiger partial charge < -0.3 is 10.6 Å². The van der Waals surface area contributed by atoms with E-state index in [0.717, 1.165) is 16.8 Å². The van der Waals surface area contributed by atoms with Crippen LogP contribution in [-0.2, 0) is 0 Å². The van der Waals surface area contributed by atoms with E-state index < -0.39 is 0 Å². The van der Waals surface area contributed by atoms with E-state index >= 15 is 0 Å². The number of benzene rings is 2. The third-order valence-electron chi connectivity index (χ3n) is 3.17. The molecule has 2 N–H and O–H groups in total. The highest BCUT2D eigenvalue weighted by Crippen LogP contribution is 2.26. The average molecular weight is 323 g/mol. The van der Waals surface area contributed by atoms with E-state index in [2.05, 4.69) is 10.6 Å². The first-order chi connectivity index (χ1) is 9.97. The molecule has 0 saturated carbocycles. The van der Waals surface area contributed by atoms with Crippen LogP contribution in [0.4, 0.5) is 10.5 Å². The van der Waals surface area contributed by atoms with Gasteiger partial charge in [0.1, 0.15) is 0 Å². The normalized spacial score (nSPS) is 11.8. The molecule has 2 rings (SSSR count). The zero-order valence-electron chi connectivity index (χ0n) is 11.8. The smallest absolute Gasteiger partial charge is 0.319 e. The Hall–Kier alpha value is -1.71. The molecule has 2 aromatic carbocycles. The Morgan fingerprint density at radius 1 is 1.14 bits per heavy atom. The number of amides is 2. The average Bonchev–Trinajstić information content (AvgIpc) is 2.41. The molecule has 21 heavy (non-hydrogen) atoms. The molecule has 0 aliphatic rings. The number of halogens is 2. The van der Waals surface area contributed by atoms with Gasteiger partial charge in [0, 0.05) is 15.7 Å². The molecule has 0 aromatic heterocycles. The van der Waals surface area contributed by atoms with E-state index in [1.54, 1.807) is 12.1 Å². The van der Waals surface area contributed by atoms with Crippen molar-refractivity contribution >= 4 is 34.9 Å². The molecule has 3 nitrogen and oxygen atoms in total. The number of rotatable bonds is 3. The van der Waals surface area contributed by atoms with Gasteiger partial charge in [0.15, 0.2) is 0 Å². The van der Waals surface area contributed by atoms with Crippen LogP contribution in [0.15, 0.2) is 42.5 Å². The quantitative estimate of drug-likeness (QED) is 0.802. The van der Waals surface area contributed by atoms with Crippen molar-refractivity contribution in [1.29, 1.82) is 0 Å². The fourth-order valence-electron chi connectivity index (χ4n) is 2.00. The number of carbonyl (C=O) groups excluding carboxylic acids is 1. The van der Waals surface area contributed by atoms with Gasteiger partial charge in [-0.25, -0.2) is 4.79 Å². The van der Waals surface area contributed by atoms with E-state index in [-0.39, 0.29) is 12.1 Å². The molecule has 0 heterocycles. The maximum atomic E-state index is 12.0. The summed E-state index contributed by atoms with van der Waals surface area (Å²) in [5.41, 5.74) is 2.61. The highest BCUT2D eigenvalue weighted by atomic mass is 35.5. The summed E-state index contributed by atoms with van der Waals surface area (Å²) in [6.45, 7) is 3.81. The molecule has 5 heteroatoms. The second kappa shape index (κ2) is 6.83. The molecule has 0 aliphatic carbocycles. The summed E-state index contributed by atoms with van der Waals surface area (Å²) >= 11 is 12.0. The summed E-state index contributed by atoms with van der Waals surface area (Å²) in [7, 11) is 0. The van der Waals surface area contributed by atoms with Crippen molar-refractivity contribution in [2.24, 2.45) is 0 Å². The number of nitrogens with one attached hydrogen (secondary N) is 2. The Kier molecular flexibility index (Phi) is 5.10. The number of urea groups is 1. The Morgan fingerprint density at radius 2 is 1.86 bits per heavy atom. The SMILES string of the molecule is Cc1ccccc1NC(=O)NC(C)c1ccc(Cl)cc1Cl. The molecule has 1 unspecified atom stereocenters. The molecule has 0 radical (unpaired) electrons. The van der Waals surface area contributed by atoms with Crippen LogP contribution in [0, 0.1) is 6.92 Å². The number of carbonyl (C=O) groups is 1. The second-order valence-electron chi connectivity index (χ2n) is 4.80. The summed E-state index contributed by atoms with van der Waals surface area (Å²) in [5, 5.41) is 6.78. The molecular formula is C16H16Cl2N2O. The van der Waals surface area contributed by atoms with Gasteiger partial charge in [-0.05, 0) is 43.2 Å². The van der Waals surface area contributed by atoms with Crippen molar-refractivity contribution in [3.63, 3.8) is 0 Å². The lowest BCUT2D eigenvalue weighted by Gasteiger charge is -2.17. The van der Waals surface area contributed by atoms with Crippen molar-refractivity contribution in [2.45, 2.75) is 19.9 Å². The first kappa shape index (κ1) is 15.7. The highest BCUT2D eigenvalue weighted by Gasteiger charge is 2.13. The van der Waals surface area contributed by atoms with Crippen LogP contribution in [0.2, 0.25) is 10.0 Å². The molecule has 0 bridgehead atoms. The van der Waals surface area contributed by atoms with Crippen molar-refractivity contribution < 1.29 is 4.79 Å². The van der Waals surface area contributed by atoms with Crippen molar-refractivity contribution in [3.8, 4) is 0 Å². The standard InChI is InChI=1S/C16H16Cl2N2O/c1-10-5-3-4-6-15(10)20-16(21)19-11(2)13-8-7-12(17)9-14(13)18/h3-9,11H,1-2H3,(H2,19,20,21). The van der Waals surface area contributed by atoms with Crippen LogP contribution in [0.1, 0.15) is 24.1 Å². The zero-order valence-corrected chi connectivity index (χ0v) is 13.3. The molecule has 2 amide bonds. The zero-order chi connectivity index (χ0) is 15.4. The maximum Gasteiger partial charge on any atom is 0.319 e. The van der Waals surface area contributed by atoms with Crippen LogP contribution >= 0.6 is 23.2 Å². The van der Waals surface area contributed by atoms with Crippen LogP contribution in [-0.4, -0.2) is 6.03 Å². The third kappa shape index (κ3) is 4.13. The first-order valence-corrected chi connectivity index (χ1v) is 7.31. The lowest BCUT2D eigenvalue weighted by atomic mass is 10.1. The van der Waals surface area contributed by atoms with Gasteiger partial charge in [-0.15, -0.1) is 0 Å². The van der Waals surface area contributed by atoms with E-state index in [4.69, 9.17) is 23.2 Å². The summed E-state index contributed by atoms with van der Waals surface area (Å²) in [6.07, 6.45) is 0. The van der Waals surface area contributed by atoms with E-state index in [9.17, 15) is 4.79 Å². The lowest BCUT2D eigenvalue weighted by molar-refractivity contribution is 0.249. The number of aryl methyl sites for hydroxylation is 1. The Bertz CT molecular complexity index is 658. The predicted octanol–water partition coefficient (Wildman–Crippen LogP) is 5.18. The van der Waals surface area contributed by atoms with Gasteiger partial charge >= 0.3 is 6.03 Å². The Labute approximate surface area is 134 Å². The Morgan fingerprint density at radius 3 is 2.52 bits per heavy atom. The monoisotopic (exact) mass is 322 g/mol. The second-order valence-corrected chi connectivity index (χ2v) is 5.64. The van der Waals surface area contributed by atoms with E-state index in [0.29, 0.717) is 10.0 Å². The van der Waals surface area contributed by atoms with Gasteiger partial charge in [0.25, 0.3) is 0 Å². The molecule has 0 spiro atoms. The largest absolute Gasteiger partial charge is 0.331 e. The van der Waals surface area contributed by atoms with Gasteiger partial charge in [0.05, 0.1) is 6.04 Å². The van der Waals surface area contributed by atoms with Crippen molar-refractivity contribution in [2.75, 3.05) is 5.32 Å². The van der Waals surface area contributed by atoms with Crippen LogP contribution in [0.25, 0.3) is 0 Å². The molecule has 110 valence electrons. The fraction of sp³-hybridized carbons (Fsp3) is 0.188. The highest BCUT2D eigenvalue weighted by molar-refractivity contribution is 6.35. The minimum Gasteiger partial charge on any atom is -0.331 e. The molecule has 0 fully saturated rings. The van der Waals surface area contributed by atoms with Crippen LogP contribution < -0.4 is 10.6 Å². The number of hydrogen-bond acceptors (Lipinski definition) is 1. The number of para-hydroxylation sites is 1. The summed E-state index contributed by atoms with van der Waals surface area (Å²) in [5.74, 6) is 0. The fourth-order valence-corrected chi connectivity index (χ4v) is 2.57. The minimum absolute atomic E-state index is 0.223. The topological polar surface area (TPSA) is 41.1 Å². The minimum atomic E-state index is -0.275. The van der Waals surface area contributed by atoms with Gasteiger partial charge in [-0.2, -0.15) is 0 Å². The first-order valence-electron chi connectivity index (χ1n) is 6.55. The molecule has 1 atom stereocenters. The number of anilines is 1. The molecule has 0 saturated heterocycles. The van der Waals surface area contributed by atoms with Crippen molar-refractivity contribution in [1.82, 2.24) is 5.32 Å². The molecule has 0 aliphatic heterocycles. The maximum absolute atomic E-state index is 12.0. The van der Waals surface area contributed by atoms with E-state index in [1.807, 2.05) is 44.2 Å². The lowest BCUT2D eigenvalue weighted by Crippen LogP contribution is -2.31. The number of hydrogen-bond donors (Lipinski definition) is 2. The third-order valence-corrected chi connectivity index (χ3v) is 3.73. The van der Waals surface area contributed by atoms with Crippen LogP contribution in [0.3, 0.4) is 0 Å². The summed E-state index contributed by atoms with van der Waals surface area (Å²) in [4.78, 5) is 12.0. The Balaban J connectivity index is 2.04. The van der Waals surface area contributed by atoms with Crippen LogP contribution in [0.5, 0.6) is 0 Å². The van der Waals surface area contributed by atoms with Gasteiger partial charge in [-0.1, -0.05) is 47.5 Å². The van der Waals surface area contributed by atoms with E-state index in [1.165, 1.54) is 0 Å². The van der Waals surface area contributed by atoms with Gasteiger partial charge in [0.2, 0.25) is 0 Å². The molecular weight excluding hydrogens is 307 g/mol. The predicted molar refractivity (Wildman–Crippen MR) is 88.2 cm³/mol. The molecule has 2 aromatic rings.